The van der Waals surface area contributed by atoms with Crippen LogP contribution in [0.5, 0.6) is 0 Å². The maximum Gasteiger partial charge on any atom is 0.186 e. The number of unbranched alkanes of at least 4 members (excludes halogenated alkanes) is 6. The van der Waals surface area contributed by atoms with Crippen LogP contribution >= 0.6 is 0 Å². The van der Waals surface area contributed by atoms with Crippen LogP contribution in [0.2, 0.25) is 0 Å². The molecule has 5 heteroatoms. The molecule has 1 aliphatic heterocycles. The first kappa shape index (κ1) is 22.8. The standard InChI is InChI=1S/C20H40O5/c1-4-7-10-13-22-16-17-19(23-14-11-8-5-2)18(21)20(25-17)24-15-12-9-6-3/h17-21H,4-16H2,1-3H3/t17-,18-,19-,20?/m1/s1. The van der Waals surface area contributed by atoms with Gasteiger partial charge in [-0.05, 0) is 19.3 Å². The maximum atomic E-state index is 10.5. The van der Waals surface area contributed by atoms with Crippen molar-refractivity contribution in [1.29, 1.82) is 0 Å². The largest absolute Gasteiger partial charge is 0.385 e. The second kappa shape index (κ2) is 14.9. The van der Waals surface area contributed by atoms with E-state index in [9.17, 15) is 5.11 Å². The van der Waals surface area contributed by atoms with Gasteiger partial charge in [-0.15, -0.1) is 0 Å². The van der Waals surface area contributed by atoms with Crippen molar-refractivity contribution in [3.8, 4) is 0 Å². The van der Waals surface area contributed by atoms with Crippen LogP contribution in [0, 0.1) is 0 Å². The summed E-state index contributed by atoms with van der Waals surface area (Å²) in [6.07, 6.45) is 8.02. The van der Waals surface area contributed by atoms with Crippen molar-refractivity contribution >= 4 is 0 Å². The zero-order chi connectivity index (χ0) is 18.3. The Hall–Kier alpha value is -0.200. The van der Waals surface area contributed by atoms with Gasteiger partial charge in [0.05, 0.1) is 6.61 Å². The van der Waals surface area contributed by atoms with E-state index in [1.165, 1.54) is 12.8 Å². The Morgan fingerprint density at radius 1 is 0.760 bits per heavy atom. The molecule has 5 nitrogen and oxygen atoms in total. The van der Waals surface area contributed by atoms with Crippen molar-refractivity contribution in [1.82, 2.24) is 0 Å². The van der Waals surface area contributed by atoms with Crippen LogP contribution in [0.1, 0.15) is 78.6 Å². The molecule has 0 aromatic rings. The van der Waals surface area contributed by atoms with Gasteiger partial charge in [-0.3, -0.25) is 0 Å². The SMILES string of the molecule is CCCCCOC[C@H]1OC(OCCCCC)[C@H](O)[C@@H]1OCCCCC. The molecule has 1 N–H and O–H groups in total. The van der Waals surface area contributed by atoms with Gasteiger partial charge in [0, 0.05) is 19.8 Å². The highest BCUT2D eigenvalue weighted by Gasteiger charge is 2.45. The molecule has 1 fully saturated rings. The second-order valence-corrected chi connectivity index (χ2v) is 6.94. The lowest BCUT2D eigenvalue weighted by atomic mass is 10.1. The lowest BCUT2D eigenvalue weighted by Crippen LogP contribution is -2.38. The molecule has 0 saturated carbocycles. The summed E-state index contributed by atoms with van der Waals surface area (Å²) in [5.74, 6) is 0. The highest BCUT2D eigenvalue weighted by molar-refractivity contribution is 4.88. The first-order valence-electron chi connectivity index (χ1n) is 10.4. The van der Waals surface area contributed by atoms with Crippen molar-refractivity contribution in [2.75, 3.05) is 26.4 Å². The van der Waals surface area contributed by atoms with Crippen LogP contribution in [0.4, 0.5) is 0 Å². The minimum atomic E-state index is -0.743. The summed E-state index contributed by atoms with van der Waals surface area (Å²) in [5.41, 5.74) is 0. The van der Waals surface area contributed by atoms with Crippen molar-refractivity contribution in [2.24, 2.45) is 0 Å². The molecule has 1 heterocycles. The molecule has 0 aromatic heterocycles. The number of hydrogen-bond donors (Lipinski definition) is 1. The van der Waals surface area contributed by atoms with Gasteiger partial charge in [-0.25, -0.2) is 0 Å². The zero-order valence-corrected chi connectivity index (χ0v) is 16.6. The second-order valence-electron chi connectivity index (χ2n) is 6.94. The highest BCUT2D eigenvalue weighted by atomic mass is 16.7. The van der Waals surface area contributed by atoms with E-state index < -0.39 is 12.4 Å². The van der Waals surface area contributed by atoms with E-state index in [0.29, 0.717) is 19.8 Å². The van der Waals surface area contributed by atoms with Crippen LogP contribution < -0.4 is 0 Å². The molecule has 0 bridgehead atoms. The molecule has 0 spiro atoms. The lowest BCUT2D eigenvalue weighted by molar-refractivity contribution is -0.172. The van der Waals surface area contributed by atoms with E-state index in [1.807, 2.05) is 0 Å². The summed E-state index contributed by atoms with van der Waals surface area (Å²) in [6.45, 7) is 8.95. The van der Waals surface area contributed by atoms with Gasteiger partial charge in [0.1, 0.15) is 18.3 Å². The Labute approximate surface area is 154 Å². The van der Waals surface area contributed by atoms with Crippen LogP contribution in [-0.2, 0) is 18.9 Å². The summed E-state index contributed by atoms with van der Waals surface area (Å²) in [4.78, 5) is 0. The van der Waals surface area contributed by atoms with Gasteiger partial charge in [-0.2, -0.15) is 0 Å². The average molecular weight is 361 g/mol. The number of hydrogen-bond acceptors (Lipinski definition) is 5. The molecule has 1 unspecified atom stereocenters. The van der Waals surface area contributed by atoms with Crippen LogP contribution in [0.15, 0.2) is 0 Å². The predicted octanol–water partition coefficient (Wildman–Crippen LogP) is 4.06. The fourth-order valence-corrected chi connectivity index (χ4v) is 2.96. The fourth-order valence-electron chi connectivity index (χ4n) is 2.96. The number of aliphatic hydroxyl groups is 1. The normalized spacial score (nSPS) is 26.4. The monoisotopic (exact) mass is 360 g/mol. The van der Waals surface area contributed by atoms with Gasteiger partial charge >= 0.3 is 0 Å². The number of aliphatic hydroxyl groups excluding tert-OH is 1. The summed E-state index contributed by atoms with van der Waals surface area (Å²) in [6, 6.07) is 0. The predicted molar refractivity (Wildman–Crippen MR) is 99.8 cm³/mol. The Balaban J connectivity index is 2.41. The Kier molecular flexibility index (Phi) is 13.6. The molecule has 1 aliphatic rings. The number of ether oxygens (including phenoxy) is 4. The molecule has 4 atom stereocenters. The number of rotatable bonds is 16. The minimum Gasteiger partial charge on any atom is -0.385 e. The van der Waals surface area contributed by atoms with Crippen molar-refractivity contribution in [3.05, 3.63) is 0 Å². The third-order valence-corrected chi connectivity index (χ3v) is 4.55. The summed E-state index contributed by atoms with van der Waals surface area (Å²) < 4.78 is 23.3. The Bertz CT molecular complexity index is 300. The maximum absolute atomic E-state index is 10.5. The summed E-state index contributed by atoms with van der Waals surface area (Å²) in [7, 11) is 0. The van der Waals surface area contributed by atoms with E-state index in [1.54, 1.807) is 0 Å². The topological polar surface area (TPSA) is 57.2 Å². The first-order chi connectivity index (χ1) is 12.2. The molecule has 0 amide bonds. The van der Waals surface area contributed by atoms with Gasteiger partial charge in [0.2, 0.25) is 0 Å². The third-order valence-electron chi connectivity index (χ3n) is 4.55. The molecule has 150 valence electrons. The molecule has 0 aliphatic carbocycles. The first-order valence-corrected chi connectivity index (χ1v) is 10.4. The van der Waals surface area contributed by atoms with E-state index in [4.69, 9.17) is 18.9 Å². The van der Waals surface area contributed by atoms with Crippen LogP contribution in [0.25, 0.3) is 0 Å². The Morgan fingerprint density at radius 3 is 1.92 bits per heavy atom. The van der Waals surface area contributed by atoms with Crippen molar-refractivity contribution in [3.63, 3.8) is 0 Å². The average Bonchev–Trinajstić information content (AvgIpc) is 2.91. The van der Waals surface area contributed by atoms with Crippen LogP contribution in [-0.4, -0.2) is 56.1 Å². The van der Waals surface area contributed by atoms with Crippen molar-refractivity contribution < 1.29 is 24.1 Å². The van der Waals surface area contributed by atoms with Gasteiger partial charge in [0.15, 0.2) is 6.29 Å². The smallest absolute Gasteiger partial charge is 0.186 e. The molecule has 25 heavy (non-hydrogen) atoms. The van der Waals surface area contributed by atoms with Crippen molar-refractivity contribution in [2.45, 2.75) is 103 Å². The van der Waals surface area contributed by atoms with E-state index in [2.05, 4.69) is 20.8 Å². The van der Waals surface area contributed by atoms with Gasteiger partial charge < -0.3 is 24.1 Å². The van der Waals surface area contributed by atoms with E-state index in [0.717, 1.165) is 51.6 Å². The highest BCUT2D eigenvalue weighted by Crippen LogP contribution is 2.26. The fraction of sp³-hybridized carbons (Fsp3) is 1.00. The molecular formula is C20H40O5. The molecule has 1 saturated heterocycles. The molecule has 1 rings (SSSR count). The van der Waals surface area contributed by atoms with E-state index in [-0.39, 0.29) is 12.2 Å². The van der Waals surface area contributed by atoms with E-state index >= 15 is 0 Å². The van der Waals surface area contributed by atoms with Gasteiger partial charge in [-0.1, -0.05) is 59.3 Å². The summed E-state index contributed by atoms with van der Waals surface area (Å²) in [5, 5.41) is 10.5. The molecule has 0 aromatic carbocycles. The molecular weight excluding hydrogens is 320 g/mol. The summed E-state index contributed by atoms with van der Waals surface area (Å²) >= 11 is 0. The quantitative estimate of drug-likeness (QED) is 0.421. The minimum absolute atomic E-state index is 0.255. The molecule has 0 radical (unpaired) electrons. The lowest BCUT2D eigenvalue weighted by Gasteiger charge is -2.20. The Morgan fingerprint density at radius 2 is 1.32 bits per heavy atom. The zero-order valence-electron chi connectivity index (χ0n) is 16.6. The third kappa shape index (κ3) is 9.34. The van der Waals surface area contributed by atoms with Crippen LogP contribution in [0.3, 0.4) is 0 Å². The van der Waals surface area contributed by atoms with Gasteiger partial charge in [0.25, 0.3) is 0 Å².